The van der Waals surface area contributed by atoms with E-state index in [-0.39, 0.29) is 11.9 Å². The van der Waals surface area contributed by atoms with Crippen molar-refractivity contribution in [2.75, 3.05) is 26.9 Å². The van der Waals surface area contributed by atoms with Crippen molar-refractivity contribution in [3.63, 3.8) is 0 Å². The van der Waals surface area contributed by atoms with Gasteiger partial charge < -0.3 is 15.0 Å². The van der Waals surface area contributed by atoms with Crippen molar-refractivity contribution in [3.8, 4) is 5.75 Å². The third-order valence-corrected chi connectivity index (χ3v) is 5.59. The molecule has 2 aliphatic rings. The lowest BCUT2D eigenvalue weighted by molar-refractivity contribution is -0.894. The average molecular weight is 354 g/mol. The number of likely N-dealkylation sites (tertiary alicyclic amines) is 1. The summed E-state index contributed by atoms with van der Waals surface area (Å²) in [6.45, 7) is 4.28. The molecule has 4 rings (SSSR count). The van der Waals surface area contributed by atoms with Gasteiger partial charge in [-0.15, -0.1) is 0 Å². The van der Waals surface area contributed by atoms with Crippen LogP contribution in [0.1, 0.15) is 25.3 Å². The molecule has 2 saturated heterocycles. The van der Waals surface area contributed by atoms with Gasteiger partial charge in [-0.1, -0.05) is 18.2 Å². The van der Waals surface area contributed by atoms with E-state index in [1.165, 1.54) is 9.80 Å². The molecule has 0 saturated carbocycles. The zero-order valence-corrected chi connectivity index (χ0v) is 15.2. The van der Waals surface area contributed by atoms with Crippen molar-refractivity contribution in [2.45, 2.75) is 25.3 Å². The minimum absolute atomic E-state index is 0.172. The van der Waals surface area contributed by atoms with Crippen LogP contribution in [0.2, 0.25) is 0 Å². The van der Waals surface area contributed by atoms with E-state index in [0.29, 0.717) is 6.67 Å². The molecule has 0 bridgehead atoms. The summed E-state index contributed by atoms with van der Waals surface area (Å²) >= 11 is 0. The normalized spacial score (nSPS) is 23.7. The summed E-state index contributed by atoms with van der Waals surface area (Å²) < 4.78 is 5.26. The maximum Gasteiger partial charge on any atom is 0.329 e. The first-order chi connectivity index (χ1) is 12.5. The van der Waals surface area contributed by atoms with E-state index in [9.17, 15) is 9.59 Å². The number of benzene rings is 2. The van der Waals surface area contributed by atoms with Gasteiger partial charge >= 0.3 is 6.03 Å². The molecule has 2 aromatic carbocycles. The molecule has 0 unspecified atom stereocenters. The van der Waals surface area contributed by atoms with E-state index in [2.05, 4.69) is 5.32 Å². The number of amides is 3. The molecule has 2 fully saturated rings. The van der Waals surface area contributed by atoms with E-state index in [4.69, 9.17) is 4.74 Å². The van der Waals surface area contributed by atoms with Crippen LogP contribution in [0.3, 0.4) is 0 Å². The number of nitrogens with one attached hydrogen (secondary N) is 2. The zero-order chi connectivity index (χ0) is 18.3. The number of carbonyl (C=O) groups is 2. The Kier molecular flexibility index (Phi) is 4.07. The van der Waals surface area contributed by atoms with Gasteiger partial charge in [-0.05, 0) is 41.5 Å². The van der Waals surface area contributed by atoms with Gasteiger partial charge in [0.1, 0.15) is 11.3 Å². The second-order valence-corrected chi connectivity index (χ2v) is 7.33. The smallest absolute Gasteiger partial charge is 0.329 e. The first-order valence-electron chi connectivity index (χ1n) is 9.07. The summed E-state index contributed by atoms with van der Waals surface area (Å²) in [5.41, 5.74) is -0.225. The molecule has 136 valence electrons. The van der Waals surface area contributed by atoms with Crippen LogP contribution in [0.5, 0.6) is 5.75 Å². The Morgan fingerprint density at radius 2 is 1.81 bits per heavy atom. The molecular formula is C20H24N3O3+. The molecule has 3 amide bonds. The molecule has 0 aliphatic carbocycles. The molecule has 2 aliphatic heterocycles. The Balaban J connectivity index is 1.64. The van der Waals surface area contributed by atoms with Crippen LogP contribution in [-0.4, -0.2) is 43.7 Å². The standard InChI is InChI=1S/C20H23N3O3/c1-20(16-7-5-15-12-17(26-2)8-6-14(15)11-16)18(24)23(19(25)21-20)13-22-9-3-4-10-22/h5-8,11-12H,3-4,9-10,13H2,1-2H3,(H,21,25)/p+1/t20-/m1/s1. The molecule has 6 nitrogen and oxygen atoms in total. The molecule has 2 N–H and O–H groups in total. The fourth-order valence-electron chi connectivity index (χ4n) is 3.95. The molecule has 1 atom stereocenters. The van der Waals surface area contributed by atoms with Gasteiger partial charge in [0.05, 0.1) is 20.2 Å². The quantitative estimate of drug-likeness (QED) is 0.813. The minimum Gasteiger partial charge on any atom is -0.497 e. The maximum atomic E-state index is 13.1. The number of methoxy groups -OCH3 is 1. The lowest BCUT2D eigenvalue weighted by Gasteiger charge is -2.23. The predicted molar refractivity (Wildman–Crippen MR) is 98.0 cm³/mol. The van der Waals surface area contributed by atoms with E-state index in [0.717, 1.165) is 48.0 Å². The number of quaternary nitrogens is 1. The van der Waals surface area contributed by atoms with Gasteiger partial charge in [-0.2, -0.15) is 0 Å². The Morgan fingerprint density at radius 1 is 1.12 bits per heavy atom. The molecule has 26 heavy (non-hydrogen) atoms. The van der Waals surface area contributed by atoms with Gasteiger partial charge in [0.25, 0.3) is 5.91 Å². The third kappa shape index (κ3) is 2.70. The Morgan fingerprint density at radius 3 is 2.54 bits per heavy atom. The van der Waals surface area contributed by atoms with Crippen molar-refractivity contribution in [2.24, 2.45) is 0 Å². The molecule has 6 heteroatoms. The zero-order valence-electron chi connectivity index (χ0n) is 15.2. The van der Waals surface area contributed by atoms with Crippen LogP contribution in [-0.2, 0) is 10.3 Å². The number of rotatable bonds is 4. The molecule has 2 aromatic rings. The Hall–Kier alpha value is -2.60. The third-order valence-electron chi connectivity index (χ3n) is 5.59. The van der Waals surface area contributed by atoms with E-state index in [1.807, 2.05) is 36.4 Å². The van der Waals surface area contributed by atoms with Crippen molar-refractivity contribution in [3.05, 3.63) is 42.0 Å². The fourth-order valence-corrected chi connectivity index (χ4v) is 3.95. The lowest BCUT2D eigenvalue weighted by atomic mass is 9.90. The number of urea groups is 1. The van der Waals surface area contributed by atoms with Crippen molar-refractivity contribution in [1.29, 1.82) is 0 Å². The second kappa shape index (κ2) is 6.29. The Labute approximate surface area is 152 Å². The van der Waals surface area contributed by atoms with Crippen LogP contribution < -0.4 is 15.0 Å². The van der Waals surface area contributed by atoms with E-state index < -0.39 is 5.54 Å². The number of ether oxygens (including phenoxy) is 1. The average Bonchev–Trinajstić information content (AvgIpc) is 3.24. The van der Waals surface area contributed by atoms with E-state index >= 15 is 0 Å². The molecule has 0 radical (unpaired) electrons. The second-order valence-electron chi connectivity index (χ2n) is 7.33. The molecule has 2 heterocycles. The minimum atomic E-state index is -1.02. The number of imide groups is 1. The lowest BCUT2D eigenvalue weighted by Crippen LogP contribution is -3.11. The highest BCUT2D eigenvalue weighted by molar-refractivity contribution is 6.07. The molecule has 0 spiro atoms. The summed E-state index contributed by atoms with van der Waals surface area (Å²) in [5, 5.41) is 4.95. The summed E-state index contributed by atoms with van der Waals surface area (Å²) in [6.07, 6.45) is 2.31. The van der Waals surface area contributed by atoms with Crippen LogP contribution >= 0.6 is 0 Å². The molecule has 0 aromatic heterocycles. The Bertz CT molecular complexity index is 876. The topological polar surface area (TPSA) is 63.1 Å². The number of hydrogen-bond donors (Lipinski definition) is 2. The van der Waals surface area contributed by atoms with Crippen LogP contribution in [0.15, 0.2) is 36.4 Å². The van der Waals surface area contributed by atoms with E-state index in [1.54, 1.807) is 14.0 Å². The summed E-state index contributed by atoms with van der Waals surface area (Å²) in [5.74, 6) is 0.622. The van der Waals surface area contributed by atoms with Crippen LogP contribution in [0, 0.1) is 0 Å². The predicted octanol–water partition coefficient (Wildman–Crippen LogP) is 1.25. The molecular weight excluding hydrogens is 330 g/mol. The summed E-state index contributed by atoms with van der Waals surface area (Å²) in [4.78, 5) is 28.2. The van der Waals surface area contributed by atoms with Gasteiger partial charge in [0.2, 0.25) is 0 Å². The summed E-state index contributed by atoms with van der Waals surface area (Å²) in [7, 11) is 1.64. The van der Waals surface area contributed by atoms with Crippen molar-refractivity contribution >= 4 is 22.7 Å². The maximum absolute atomic E-state index is 13.1. The van der Waals surface area contributed by atoms with Crippen LogP contribution in [0.4, 0.5) is 4.79 Å². The number of fused-ring (bicyclic) bond motifs is 1. The van der Waals surface area contributed by atoms with Crippen molar-refractivity contribution < 1.29 is 19.2 Å². The van der Waals surface area contributed by atoms with Crippen LogP contribution in [0.25, 0.3) is 10.8 Å². The number of carbonyl (C=O) groups excluding carboxylic acids is 2. The van der Waals surface area contributed by atoms with Gasteiger partial charge in [-0.25, -0.2) is 9.69 Å². The first-order valence-corrected chi connectivity index (χ1v) is 9.07. The number of nitrogens with zero attached hydrogens (tertiary/aromatic N) is 1. The first kappa shape index (κ1) is 16.8. The fraction of sp³-hybridized carbons (Fsp3) is 0.400. The highest BCUT2D eigenvalue weighted by atomic mass is 16.5. The largest absolute Gasteiger partial charge is 0.497 e. The van der Waals surface area contributed by atoms with Gasteiger partial charge in [0.15, 0.2) is 6.67 Å². The van der Waals surface area contributed by atoms with Gasteiger partial charge in [-0.3, -0.25) is 4.79 Å². The van der Waals surface area contributed by atoms with Crippen molar-refractivity contribution in [1.82, 2.24) is 10.2 Å². The van der Waals surface area contributed by atoms with Gasteiger partial charge in [0, 0.05) is 12.8 Å². The SMILES string of the molecule is COc1ccc2cc([C@@]3(C)NC(=O)N(C[NH+]4CCCC4)C3=O)ccc2c1. The highest BCUT2D eigenvalue weighted by Crippen LogP contribution is 2.31. The monoisotopic (exact) mass is 354 g/mol. The highest BCUT2D eigenvalue weighted by Gasteiger charge is 2.50. The number of hydrogen-bond acceptors (Lipinski definition) is 3. The summed E-state index contributed by atoms with van der Waals surface area (Å²) in [6, 6.07) is 11.4.